The Labute approximate surface area is 333 Å². The number of furan rings is 2. The summed E-state index contributed by atoms with van der Waals surface area (Å²) < 4.78 is 12.6. The Balaban J connectivity index is 0.937. The molecule has 0 saturated carbocycles. The number of benzene rings is 7. The Morgan fingerprint density at radius 3 is 1.16 bits per heavy atom. The number of pyridine rings is 2. The van der Waals surface area contributed by atoms with E-state index in [0.717, 1.165) is 111 Å². The highest BCUT2D eigenvalue weighted by molar-refractivity contribution is 6.31. The first kappa shape index (κ1) is 33.1. The maximum absolute atomic E-state index is 6.94. The van der Waals surface area contributed by atoms with E-state index in [1.807, 2.05) is 60.9 Å². The van der Waals surface area contributed by atoms with Crippen molar-refractivity contribution in [1.29, 1.82) is 0 Å². The van der Waals surface area contributed by atoms with Gasteiger partial charge in [-0.15, -0.1) is 0 Å². The van der Waals surface area contributed by atoms with Gasteiger partial charge in [-0.1, -0.05) is 133 Å². The molecule has 11 aromatic rings. The third kappa shape index (κ3) is 5.69. The van der Waals surface area contributed by atoms with E-state index in [-0.39, 0.29) is 0 Å². The van der Waals surface area contributed by atoms with Crippen LogP contribution in [-0.4, -0.2) is 9.97 Å². The maximum atomic E-state index is 6.94. The van der Waals surface area contributed by atoms with Crippen LogP contribution in [0.4, 0.5) is 0 Å². The highest BCUT2D eigenvalue weighted by Crippen LogP contribution is 2.41. The third-order valence-corrected chi connectivity index (χ3v) is 11.1. The van der Waals surface area contributed by atoms with Gasteiger partial charge in [0.15, 0.2) is 0 Å². The zero-order valence-corrected chi connectivity index (χ0v) is 31.2. The van der Waals surface area contributed by atoms with Crippen molar-refractivity contribution < 1.29 is 8.83 Å². The number of para-hydroxylation sites is 4. The molecule has 4 nitrogen and oxygen atoms in total. The lowest BCUT2D eigenvalue weighted by Gasteiger charge is -2.15. The van der Waals surface area contributed by atoms with E-state index in [9.17, 15) is 0 Å². The minimum Gasteiger partial charge on any atom is -0.455 e. The number of rotatable bonds is 6. The fourth-order valence-corrected chi connectivity index (χ4v) is 8.43. The molecule has 0 fully saturated rings. The zero-order chi connectivity index (χ0) is 37.9. The Morgan fingerprint density at radius 1 is 0.333 bits per heavy atom. The van der Waals surface area contributed by atoms with Crippen molar-refractivity contribution in [1.82, 2.24) is 9.97 Å². The van der Waals surface area contributed by atoms with E-state index in [1.165, 1.54) is 0 Å². The Kier molecular flexibility index (Phi) is 7.83. The molecule has 11 rings (SSSR count). The molecule has 57 heavy (non-hydrogen) atoms. The lowest BCUT2D eigenvalue weighted by molar-refractivity contribution is 0.669. The van der Waals surface area contributed by atoms with Gasteiger partial charge in [0.2, 0.25) is 0 Å². The lowest BCUT2D eigenvalue weighted by atomic mass is 9.90. The van der Waals surface area contributed by atoms with E-state index in [0.29, 0.717) is 5.02 Å². The molecule has 0 aliphatic rings. The maximum Gasteiger partial charge on any atom is 0.144 e. The van der Waals surface area contributed by atoms with Crippen LogP contribution in [0.5, 0.6) is 0 Å². The first-order valence-electron chi connectivity index (χ1n) is 18.9. The van der Waals surface area contributed by atoms with Gasteiger partial charge >= 0.3 is 0 Å². The van der Waals surface area contributed by atoms with Gasteiger partial charge in [0, 0.05) is 61.2 Å². The van der Waals surface area contributed by atoms with E-state index in [1.54, 1.807) is 0 Å². The van der Waals surface area contributed by atoms with Crippen molar-refractivity contribution >= 4 is 55.5 Å². The van der Waals surface area contributed by atoms with Crippen LogP contribution >= 0.6 is 11.6 Å². The third-order valence-electron chi connectivity index (χ3n) is 10.9. The van der Waals surface area contributed by atoms with E-state index >= 15 is 0 Å². The minimum absolute atomic E-state index is 0.659. The lowest BCUT2D eigenvalue weighted by Crippen LogP contribution is -1.91. The number of halogens is 1. The van der Waals surface area contributed by atoms with Crippen molar-refractivity contribution in [2.75, 3.05) is 0 Å². The Morgan fingerprint density at radius 2 is 0.719 bits per heavy atom. The van der Waals surface area contributed by atoms with Crippen molar-refractivity contribution in [2.45, 2.75) is 0 Å². The molecule has 0 bridgehead atoms. The molecule has 0 radical (unpaired) electrons. The smallest absolute Gasteiger partial charge is 0.144 e. The quantitative estimate of drug-likeness (QED) is 0.170. The second-order valence-corrected chi connectivity index (χ2v) is 14.7. The molecule has 0 aliphatic carbocycles. The van der Waals surface area contributed by atoms with E-state index in [4.69, 9.17) is 30.4 Å². The molecule has 5 heteroatoms. The molecule has 4 aromatic heterocycles. The van der Waals surface area contributed by atoms with Gasteiger partial charge in [-0.25, -0.2) is 0 Å². The van der Waals surface area contributed by atoms with Gasteiger partial charge in [0.1, 0.15) is 22.3 Å². The average Bonchev–Trinajstić information content (AvgIpc) is 3.85. The molecule has 0 spiro atoms. The van der Waals surface area contributed by atoms with Gasteiger partial charge in [0.25, 0.3) is 0 Å². The van der Waals surface area contributed by atoms with Gasteiger partial charge in [-0.2, -0.15) is 0 Å². The first-order valence-corrected chi connectivity index (χ1v) is 19.3. The SMILES string of the molecule is Clc1cc(-c2ccccc2-c2ccc(-c3cccc4c3oc3ccccc34)nc2)cc(-c2ccccc2-c2ccc(-c3cccc4c3oc3ccccc34)nc2)c1. The second-order valence-electron chi connectivity index (χ2n) is 14.2. The largest absolute Gasteiger partial charge is 0.455 e. The summed E-state index contributed by atoms with van der Waals surface area (Å²) in [6.07, 6.45) is 3.89. The van der Waals surface area contributed by atoms with E-state index < -0.39 is 0 Å². The number of hydrogen-bond acceptors (Lipinski definition) is 4. The summed E-state index contributed by atoms with van der Waals surface area (Å²) >= 11 is 6.94. The fraction of sp³-hybridized carbons (Fsp3) is 0. The van der Waals surface area contributed by atoms with Gasteiger partial charge in [0.05, 0.1) is 11.4 Å². The summed E-state index contributed by atoms with van der Waals surface area (Å²) in [5.74, 6) is 0. The molecule has 0 atom stereocenters. The van der Waals surface area contributed by atoms with Crippen molar-refractivity contribution in [3.63, 3.8) is 0 Å². The van der Waals surface area contributed by atoms with Crippen LogP contribution in [0.15, 0.2) is 197 Å². The van der Waals surface area contributed by atoms with E-state index in [2.05, 4.69) is 127 Å². The normalized spacial score (nSPS) is 11.6. The summed E-state index contributed by atoms with van der Waals surface area (Å²) in [7, 11) is 0. The van der Waals surface area contributed by atoms with Crippen molar-refractivity contribution in [3.05, 3.63) is 193 Å². The molecule has 0 amide bonds. The molecule has 4 heterocycles. The van der Waals surface area contributed by atoms with Crippen LogP contribution in [0.2, 0.25) is 5.02 Å². The zero-order valence-electron chi connectivity index (χ0n) is 30.5. The van der Waals surface area contributed by atoms with Gasteiger partial charge in [-0.05, 0) is 88.0 Å². The highest BCUT2D eigenvalue weighted by Gasteiger charge is 2.17. The monoisotopic (exact) mass is 750 g/mol. The average molecular weight is 751 g/mol. The van der Waals surface area contributed by atoms with Gasteiger partial charge < -0.3 is 8.83 Å². The molecular formula is C52H31ClN2O2. The fourth-order valence-electron chi connectivity index (χ4n) is 8.20. The number of hydrogen-bond donors (Lipinski definition) is 0. The summed E-state index contributed by atoms with van der Waals surface area (Å²) in [5, 5.41) is 5.04. The number of aromatic nitrogens is 2. The second kappa shape index (κ2) is 13.5. The molecule has 0 unspecified atom stereocenters. The standard InChI is InChI=1S/C52H31ClN2O2/c53-36-28-34(39-13-3-1-11-37(39)32-23-25-47(54-30-32)45-19-9-17-43-41-15-5-7-21-49(41)56-51(43)45)27-35(29-36)40-14-4-2-12-38(40)33-24-26-48(55-31-33)46-20-10-18-44-42-16-6-8-22-50(42)57-52(44)46/h1-31H. The Hall–Kier alpha value is -7.27. The summed E-state index contributed by atoms with van der Waals surface area (Å²) in [4.78, 5) is 9.92. The predicted octanol–water partition coefficient (Wildman–Crippen LogP) is 14.9. The molecule has 7 aromatic carbocycles. The molecular weight excluding hydrogens is 720 g/mol. The topological polar surface area (TPSA) is 52.1 Å². The number of fused-ring (bicyclic) bond motifs is 6. The number of nitrogens with zero attached hydrogens (tertiary/aromatic N) is 2. The summed E-state index contributed by atoms with van der Waals surface area (Å²) in [6, 6.07) is 60.3. The molecule has 0 aliphatic heterocycles. The van der Waals surface area contributed by atoms with Crippen LogP contribution in [0.3, 0.4) is 0 Å². The summed E-state index contributed by atoms with van der Waals surface area (Å²) in [6.45, 7) is 0. The van der Waals surface area contributed by atoms with Gasteiger partial charge in [-0.3, -0.25) is 9.97 Å². The molecule has 268 valence electrons. The summed E-state index contributed by atoms with van der Waals surface area (Å²) in [5.41, 5.74) is 15.4. The molecule has 0 N–H and O–H groups in total. The van der Waals surface area contributed by atoms with Crippen molar-refractivity contribution in [2.24, 2.45) is 0 Å². The van der Waals surface area contributed by atoms with Crippen LogP contribution in [0.1, 0.15) is 0 Å². The minimum atomic E-state index is 0.659. The van der Waals surface area contributed by atoms with Crippen LogP contribution in [0.25, 0.3) is 111 Å². The first-order chi connectivity index (χ1) is 28.2. The Bertz CT molecular complexity index is 3090. The predicted molar refractivity (Wildman–Crippen MR) is 234 cm³/mol. The van der Waals surface area contributed by atoms with Crippen molar-refractivity contribution in [3.8, 4) is 67.0 Å². The molecule has 0 saturated heterocycles. The van der Waals surface area contributed by atoms with Crippen LogP contribution in [0, 0.1) is 0 Å². The highest BCUT2D eigenvalue weighted by atomic mass is 35.5. The van der Waals surface area contributed by atoms with Crippen LogP contribution in [-0.2, 0) is 0 Å². The van der Waals surface area contributed by atoms with Crippen LogP contribution < -0.4 is 0 Å².